The van der Waals surface area contributed by atoms with E-state index in [0.29, 0.717) is 17.0 Å². The van der Waals surface area contributed by atoms with Crippen LogP contribution in [0, 0.1) is 6.92 Å². The molecule has 2 aromatic heterocycles. The number of amides is 1. The van der Waals surface area contributed by atoms with Crippen molar-refractivity contribution in [2.75, 3.05) is 0 Å². The normalized spacial score (nSPS) is 10.7. The average molecular weight is 312 g/mol. The number of aryl methyl sites for hydroxylation is 1. The first-order chi connectivity index (χ1) is 11.1. The summed E-state index contributed by atoms with van der Waals surface area (Å²) in [4.78, 5) is 14.2. The summed E-state index contributed by atoms with van der Waals surface area (Å²) in [5, 5.41) is 13.7. The van der Waals surface area contributed by atoms with E-state index in [0.717, 1.165) is 0 Å². The van der Waals surface area contributed by atoms with E-state index in [1.807, 2.05) is 6.07 Å². The van der Waals surface area contributed by atoms with Crippen LogP contribution in [0.4, 0.5) is 0 Å². The zero-order valence-corrected chi connectivity index (χ0v) is 12.6. The Labute approximate surface area is 132 Å². The van der Waals surface area contributed by atoms with Crippen LogP contribution in [0.2, 0.25) is 0 Å². The molecular weight excluding hydrogens is 296 g/mol. The molecule has 0 atom stereocenters. The van der Waals surface area contributed by atoms with Gasteiger partial charge in [0.1, 0.15) is 11.5 Å². The van der Waals surface area contributed by atoms with E-state index in [1.54, 1.807) is 49.6 Å². The number of hydrogen-bond donors (Lipinski definition) is 1. The van der Waals surface area contributed by atoms with Gasteiger partial charge in [-0.15, -0.1) is 0 Å². The highest BCUT2D eigenvalue weighted by molar-refractivity contribution is 5.91. The fourth-order valence-electron chi connectivity index (χ4n) is 2.26. The zero-order valence-electron chi connectivity index (χ0n) is 12.6. The smallest absolute Gasteiger partial charge is 0.293 e. The predicted octanol–water partition coefficient (Wildman–Crippen LogP) is 3.12. The molecule has 6 heteroatoms. The number of furan rings is 1. The van der Waals surface area contributed by atoms with Crippen LogP contribution in [0.1, 0.15) is 27.6 Å². The van der Waals surface area contributed by atoms with Gasteiger partial charge in [0.15, 0.2) is 0 Å². The molecule has 1 N–H and O–H groups in total. The maximum Gasteiger partial charge on any atom is 0.293 e. The van der Waals surface area contributed by atoms with Gasteiger partial charge in [-0.3, -0.25) is 4.79 Å². The second kappa shape index (κ2) is 6.39. The standard InChI is InChI=1S/C17H16N2O4/c1-12-9-16(23-18-12)17(21)19(11-14-6-4-8-22-14)10-13-5-2-3-7-15(13)20/h2-9,20H,10-11H2,1H3. The fraction of sp³-hybridized carbons (Fsp3) is 0.176. The second-order valence-electron chi connectivity index (χ2n) is 5.20. The van der Waals surface area contributed by atoms with Crippen molar-refractivity contribution in [2.24, 2.45) is 0 Å². The minimum atomic E-state index is -0.315. The van der Waals surface area contributed by atoms with E-state index >= 15 is 0 Å². The first kappa shape index (κ1) is 14.9. The number of carbonyl (C=O) groups excluding carboxylic acids is 1. The molecule has 3 aromatic rings. The highest BCUT2D eigenvalue weighted by Crippen LogP contribution is 2.21. The molecule has 1 amide bonds. The summed E-state index contributed by atoms with van der Waals surface area (Å²) in [5.41, 5.74) is 1.28. The lowest BCUT2D eigenvalue weighted by molar-refractivity contribution is 0.0674. The Morgan fingerprint density at radius 1 is 1.22 bits per heavy atom. The summed E-state index contributed by atoms with van der Waals surface area (Å²) in [5.74, 6) is 0.623. The summed E-state index contributed by atoms with van der Waals surface area (Å²) in [6, 6.07) is 12.0. The van der Waals surface area contributed by atoms with Crippen LogP contribution in [0.5, 0.6) is 5.75 Å². The lowest BCUT2D eigenvalue weighted by Gasteiger charge is -2.21. The Kier molecular flexibility index (Phi) is 4.14. The maximum absolute atomic E-state index is 12.7. The van der Waals surface area contributed by atoms with Crippen molar-refractivity contribution in [3.05, 3.63) is 71.5 Å². The first-order valence-corrected chi connectivity index (χ1v) is 7.15. The lowest BCUT2D eigenvalue weighted by atomic mass is 10.1. The fourth-order valence-corrected chi connectivity index (χ4v) is 2.26. The summed E-state index contributed by atoms with van der Waals surface area (Å²) in [7, 11) is 0. The molecule has 0 aliphatic heterocycles. The van der Waals surface area contributed by atoms with Crippen LogP contribution in [-0.2, 0) is 13.1 Å². The van der Waals surface area contributed by atoms with Crippen molar-refractivity contribution in [2.45, 2.75) is 20.0 Å². The molecular formula is C17H16N2O4. The number of nitrogens with zero attached hydrogens (tertiary/aromatic N) is 2. The number of phenols is 1. The lowest BCUT2D eigenvalue weighted by Crippen LogP contribution is -2.29. The van der Waals surface area contributed by atoms with E-state index in [-0.39, 0.29) is 30.5 Å². The van der Waals surface area contributed by atoms with Crippen molar-refractivity contribution in [1.29, 1.82) is 0 Å². The van der Waals surface area contributed by atoms with E-state index in [9.17, 15) is 9.90 Å². The van der Waals surface area contributed by atoms with E-state index in [4.69, 9.17) is 8.94 Å². The molecule has 0 spiro atoms. The predicted molar refractivity (Wildman–Crippen MR) is 81.6 cm³/mol. The molecule has 2 heterocycles. The molecule has 0 saturated carbocycles. The van der Waals surface area contributed by atoms with Crippen molar-refractivity contribution in [3.8, 4) is 5.75 Å². The minimum Gasteiger partial charge on any atom is -0.508 e. The van der Waals surface area contributed by atoms with Crippen LogP contribution in [0.25, 0.3) is 0 Å². The van der Waals surface area contributed by atoms with Crippen molar-refractivity contribution < 1.29 is 18.8 Å². The van der Waals surface area contributed by atoms with Crippen LogP contribution in [0.15, 0.2) is 57.7 Å². The van der Waals surface area contributed by atoms with Gasteiger partial charge in [0.25, 0.3) is 5.91 Å². The van der Waals surface area contributed by atoms with Gasteiger partial charge in [0, 0.05) is 11.6 Å². The van der Waals surface area contributed by atoms with Gasteiger partial charge >= 0.3 is 0 Å². The van der Waals surface area contributed by atoms with Gasteiger partial charge in [-0.1, -0.05) is 23.4 Å². The maximum atomic E-state index is 12.7. The molecule has 1 aromatic carbocycles. The largest absolute Gasteiger partial charge is 0.508 e. The Morgan fingerprint density at radius 2 is 2.04 bits per heavy atom. The topological polar surface area (TPSA) is 79.7 Å². The number of carbonyl (C=O) groups is 1. The highest BCUT2D eigenvalue weighted by atomic mass is 16.5. The van der Waals surface area contributed by atoms with Crippen LogP contribution in [-0.4, -0.2) is 21.1 Å². The van der Waals surface area contributed by atoms with Crippen LogP contribution >= 0.6 is 0 Å². The molecule has 0 aliphatic rings. The number of benzene rings is 1. The molecule has 6 nitrogen and oxygen atoms in total. The number of aromatic hydroxyl groups is 1. The van der Waals surface area contributed by atoms with Gasteiger partial charge in [0.05, 0.1) is 25.0 Å². The molecule has 0 unspecified atom stereocenters. The third-order valence-corrected chi connectivity index (χ3v) is 3.41. The average Bonchev–Trinajstić information content (AvgIpc) is 3.19. The van der Waals surface area contributed by atoms with Crippen molar-refractivity contribution >= 4 is 5.91 Å². The summed E-state index contributed by atoms with van der Waals surface area (Å²) in [6.07, 6.45) is 1.55. The zero-order chi connectivity index (χ0) is 16.2. The molecule has 0 bridgehead atoms. The number of rotatable bonds is 5. The SMILES string of the molecule is Cc1cc(C(=O)N(Cc2ccco2)Cc2ccccc2O)on1. The van der Waals surface area contributed by atoms with Crippen molar-refractivity contribution in [3.63, 3.8) is 0 Å². The molecule has 0 saturated heterocycles. The Hall–Kier alpha value is -3.02. The number of phenolic OH excluding ortho intramolecular Hbond substituents is 1. The Morgan fingerprint density at radius 3 is 2.70 bits per heavy atom. The highest BCUT2D eigenvalue weighted by Gasteiger charge is 2.22. The quantitative estimate of drug-likeness (QED) is 0.783. The monoisotopic (exact) mass is 312 g/mol. The van der Waals surface area contributed by atoms with Gasteiger partial charge in [-0.2, -0.15) is 0 Å². The summed E-state index contributed by atoms with van der Waals surface area (Å²) in [6.45, 7) is 2.24. The molecule has 0 radical (unpaired) electrons. The van der Waals surface area contributed by atoms with Gasteiger partial charge < -0.3 is 18.9 Å². The van der Waals surface area contributed by atoms with Crippen LogP contribution < -0.4 is 0 Å². The molecule has 0 fully saturated rings. The third-order valence-electron chi connectivity index (χ3n) is 3.41. The third kappa shape index (κ3) is 3.42. The van der Waals surface area contributed by atoms with Gasteiger partial charge in [0.2, 0.25) is 5.76 Å². The van der Waals surface area contributed by atoms with Gasteiger partial charge in [-0.25, -0.2) is 0 Å². The van der Waals surface area contributed by atoms with E-state index < -0.39 is 0 Å². The van der Waals surface area contributed by atoms with E-state index in [2.05, 4.69) is 5.16 Å². The second-order valence-corrected chi connectivity index (χ2v) is 5.20. The number of para-hydroxylation sites is 1. The Bertz CT molecular complexity index is 793. The number of aromatic nitrogens is 1. The summed E-state index contributed by atoms with van der Waals surface area (Å²) >= 11 is 0. The first-order valence-electron chi connectivity index (χ1n) is 7.15. The van der Waals surface area contributed by atoms with E-state index in [1.165, 1.54) is 4.90 Å². The number of hydrogen-bond acceptors (Lipinski definition) is 5. The Balaban J connectivity index is 1.87. The molecule has 3 rings (SSSR count). The van der Waals surface area contributed by atoms with Crippen molar-refractivity contribution in [1.82, 2.24) is 10.1 Å². The minimum absolute atomic E-state index is 0.137. The van der Waals surface area contributed by atoms with Gasteiger partial charge in [-0.05, 0) is 25.1 Å². The summed E-state index contributed by atoms with van der Waals surface area (Å²) < 4.78 is 10.4. The van der Waals surface area contributed by atoms with Crippen LogP contribution in [0.3, 0.4) is 0 Å². The molecule has 0 aliphatic carbocycles. The molecule has 118 valence electrons. The molecule has 23 heavy (non-hydrogen) atoms.